The number of aromatic nitrogens is 3. The first-order chi connectivity index (χ1) is 16.7. The minimum absolute atomic E-state index is 0.176. The molecule has 1 amide bonds. The van der Waals surface area contributed by atoms with Gasteiger partial charge in [-0.3, -0.25) is 10.1 Å². The van der Waals surface area contributed by atoms with Gasteiger partial charge in [0.05, 0.1) is 30.4 Å². The monoisotopic (exact) mass is 487 g/mol. The van der Waals surface area contributed by atoms with Crippen LogP contribution in [-0.4, -0.2) is 52.8 Å². The fourth-order valence-electron chi connectivity index (χ4n) is 3.69. The predicted octanol–water partition coefficient (Wildman–Crippen LogP) is 3.93. The van der Waals surface area contributed by atoms with Gasteiger partial charge in [-0.2, -0.15) is 10.4 Å². The van der Waals surface area contributed by atoms with Crippen molar-refractivity contribution in [1.82, 2.24) is 14.6 Å². The number of fused-ring (bicyclic) bond motifs is 1. The van der Waals surface area contributed by atoms with Crippen molar-refractivity contribution in [2.75, 3.05) is 25.3 Å². The number of anilines is 1. The van der Waals surface area contributed by atoms with Crippen LogP contribution in [0.25, 0.3) is 5.52 Å². The van der Waals surface area contributed by atoms with Gasteiger partial charge in [-0.1, -0.05) is 19.8 Å². The third kappa shape index (κ3) is 6.46. The smallest absolute Gasteiger partial charge is 0.412 e. The average Bonchev–Trinajstić information content (AvgIpc) is 3.44. The van der Waals surface area contributed by atoms with Gasteiger partial charge in [-0.25, -0.2) is 14.3 Å². The lowest BCUT2D eigenvalue weighted by Gasteiger charge is -2.22. The molecule has 0 aliphatic carbocycles. The van der Waals surface area contributed by atoms with Crippen molar-refractivity contribution >= 4 is 23.4 Å². The third-order valence-electron chi connectivity index (χ3n) is 5.62. The molecule has 0 bridgehead atoms. The molecule has 0 aromatic carbocycles. The lowest BCUT2D eigenvalue weighted by atomic mass is 9.97. The molecule has 0 unspecified atom stereocenters. The van der Waals surface area contributed by atoms with Gasteiger partial charge in [-0.05, 0) is 52.2 Å². The van der Waals surface area contributed by atoms with Gasteiger partial charge in [-0.15, -0.1) is 0 Å². The van der Waals surface area contributed by atoms with Gasteiger partial charge >= 0.3 is 12.1 Å². The number of amides is 1. The zero-order chi connectivity index (χ0) is 25.5. The van der Waals surface area contributed by atoms with E-state index in [1.54, 1.807) is 32.9 Å². The van der Waals surface area contributed by atoms with Gasteiger partial charge in [0.1, 0.15) is 17.9 Å². The van der Waals surface area contributed by atoms with Crippen LogP contribution in [0, 0.1) is 16.7 Å². The fraction of sp³-hybridized carbons (Fsp3) is 0.625. The first-order valence-corrected chi connectivity index (χ1v) is 11.8. The molecule has 3 heterocycles. The number of carbonyl (C=O) groups is 2. The summed E-state index contributed by atoms with van der Waals surface area (Å²) in [5.41, 5.74) is -0.812. The highest BCUT2D eigenvalue weighted by molar-refractivity contribution is 5.88. The maximum absolute atomic E-state index is 12.1. The van der Waals surface area contributed by atoms with Crippen molar-refractivity contribution in [3.8, 4) is 6.07 Å². The van der Waals surface area contributed by atoms with Crippen LogP contribution in [0.3, 0.4) is 0 Å². The Kier molecular flexibility index (Phi) is 8.64. The summed E-state index contributed by atoms with van der Waals surface area (Å²) in [6.07, 6.45) is 4.17. The molecule has 1 aliphatic rings. The molecule has 1 saturated heterocycles. The molecule has 3 rings (SSSR count). The Morgan fingerprint density at radius 1 is 1.31 bits per heavy atom. The second-order valence-electron chi connectivity index (χ2n) is 9.48. The van der Waals surface area contributed by atoms with Gasteiger partial charge < -0.3 is 18.9 Å². The Hall–Kier alpha value is -3.23. The zero-order valence-corrected chi connectivity index (χ0v) is 20.7. The average molecular weight is 488 g/mol. The summed E-state index contributed by atoms with van der Waals surface area (Å²) in [4.78, 5) is 28.1. The van der Waals surface area contributed by atoms with Gasteiger partial charge in [0.25, 0.3) is 0 Å². The van der Waals surface area contributed by atoms with Gasteiger partial charge in [0.2, 0.25) is 0 Å². The predicted molar refractivity (Wildman–Crippen MR) is 125 cm³/mol. The maximum atomic E-state index is 12.1. The van der Waals surface area contributed by atoms with E-state index in [1.165, 1.54) is 10.8 Å². The largest absolute Gasteiger partial charge is 0.449 e. The Balaban J connectivity index is 1.64. The molecule has 0 radical (unpaired) electrons. The Morgan fingerprint density at radius 3 is 2.83 bits per heavy atom. The molecule has 2 aromatic heterocycles. The molecule has 0 saturated carbocycles. The molecule has 1 N–H and O–H groups in total. The summed E-state index contributed by atoms with van der Waals surface area (Å²) in [5, 5.41) is 16.9. The molecule has 0 spiro atoms. The molecule has 2 atom stereocenters. The van der Waals surface area contributed by atoms with E-state index in [0.717, 1.165) is 19.3 Å². The lowest BCUT2D eigenvalue weighted by molar-refractivity contribution is -0.169. The van der Waals surface area contributed by atoms with Crippen LogP contribution < -0.4 is 5.32 Å². The Bertz CT molecular complexity index is 1070. The van der Waals surface area contributed by atoms with Crippen LogP contribution in [0.5, 0.6) is 0 Å². The fourth-order valence-corrected chi connectivity index (χ4v) is 3.69. The van der Waals surface area contributed by atoms with E-state index in [9.17, 15) is 14.9 Å². The summed E-state index contributed by atoms with van der Waals surface area (Å²) >= 11 is 0. The summed E-state index contributed by atoms with van der Waals surface area (Å²) in [6.45, 7) is 7.69. The van der Waals surface area contributed by atoms with Crippen molar-refractivity contribution in [2.45, 2.75) is 71.5 Å². The minimum atomic E-state index is -1.24. The van der Waals surface area contributed by atoms with Gasteiger partial charge in [0.15, 0.2) is 18.2 Å². The second-order valence-corrected chi connectivity index (χ2v) is 9.48. The van der Waals surface area contributed by atoms with E-state index >= 15 is 0 Å². The van der Waals surface area contributed by atoms with Crippen molar-refractivity contribution in [1.29, 1.82) is 5.26 Å². The second kappa shape index (κ2) is 11.5. The molecule has 2 aromatic rings. The number of rotatable bonds is 10. The summed E-state index contributed by atoms with van der Waals surface area (Å²) in [6, 6.07) is 5.73. The van der Waals surface area contributed by atoms with Gasteiger partial charge in [0, 0.05) is 0 Å². The number of unbranched alkanes of at least 4 members (excludes halogenated alkanes) is 2. The Morgan fingerprint density at radius 2 is 2.11 bits per heavy atom. The topological polar surface area (TPSA) is 137 Å². The first kappa shape index (κ1) is 26.4. The van der Waals surface area contributed by atoms with E-state index < -0.39 is 17.1 Å². The van der Waals surface area contributed by atoms with Crippen LogP contribution in [0.15, 0.2) is 18.5 Å². The van der Waals surface area contributed by atoms with Crippen LogP contribution in [0.2, 0.25) is 0 Å². The third-order valence-corrected chi connectivity index (χ3v) is 5.62. The first-order valence-electron chi connectivity index (χ1n) is 11.8. The van der Waals surface area contributed by atoms with E-state index in [1.807, 2.05) is 0 Å². The van der Waals surface area contributed by atoms with Crippen LogP contribution >= 0.6 is 0 Å². The summed E-state index contributed by atoms with van der Waals surface area (Å²) in [7, 11) is 0. The van der Waals surface area contributed by atoms with E-state index in [0.29, 0.717) is 30.7 Å². The molecule has 1 fully saturated rings. The quantitative estimate of drug-likeness (QED) is 0.300. The van der Waals surface area contributed by atoms with Crippen molar-refractivity contribution in [3.05, 3.63) is 24.2 Å². The molecule has 190 valence electrons. The SMILES string of the molecule is CCCCCOC(=O)Nc1ncnn2c([C@@]3(C#N)CC[C@@H](COCOC(=O)C(C)(C)C)O3)ccc12. The molecule has 1 aliphatic heterocycles. The number of nitrogens with zero attached hydrogens (tertiary/aromatic N) is 4. The van der Waals surface area contributed by atoms with Crippen LogP contribution in [0.1, 0.15) is 65.5 Å². The molecule has 11 heteroatoms. The normalized spacial score (nSPS) is 19.9. The zero-order valence-electron chi connectivity index (χ0n) is 20.7. The number of hydrogen-bond acceptors (Lipinski definition) is 9. The van der Waals surface area contributed by atoms with E-state index in [2.05, 4.69) is 28.4 Å². The number of hydrogen-bond donors (Lipinski definition) is 1. The molecule has 11 nitrogen and oxygen atoms in total. The lowest BCUT2D eigenvalue weighted by Crippen LogP contribution is -2.29. The molecule has 35 heavy (non-hydrogen) atoms. The number of esters is 1. The summed E-state index contributed by atoms with van der Waals surface area (Å²) in [5.74, 6) is -0.0804. The van der Waals surface area contributed by atoms with Crippen LogP contribution in [0.4, 0.5) is 10.6 Å². The molecular formula is C24H33N5O6. The number of nitriles is 1. The Labute approximate surface area is 204 Å². The molecular weight excluding hydrogens is 454 g/mol. The summed E-state index contributed by atoms with van der Waals surface area (Å²) < 4.78 is 23.4. The van der Waals surface area contributed by atoms with E-state index in [-0.39, 0.29) is 31.3 Å². The maximum Gasteiger partial charge on any atom is 0.412 e. The number of carbonyl (C=O) groups excluding carboxylic acids is 2. The van der Waals surface area contributed by atoms with E-state index in [4.69, 9.17) is 18.9 Å². The van der Waals surface area contributed by atoms with Crippen molar-refractivity contribution in [3.63, 3.8) is 0 Å². The standard InChI is InChI=1S/C24H33N5O6/c1-5-6-7-12-33-22(31)28-20-18-8-9-19(29(18)27-15-26-20)24(14-25)11-10-17(35-24)13-32-16-34-21(30)23(2,3)4/h8-9,15,17H,5-7,10-13,16H2,1-4H3,(H,26,27,28,31)/t17-,24-/m0/s1. The highest BCUT2D eigenvalue weighted by atomic mass is 16.7. The number of ether oxygens (including phenoxy) is 4. The van der Waals surface area contributed by atoms with Crippen molar-refractivity contribution < 1.29 is 28.5 Å². The minimum Gasteiger partial charge on any atom is -0.449 e. The highest BCUT2D eigenvalue weighted by Gasteiger charge is 2.44. The van der Waals surface area contributed by atoms with Crippen molar-refractivity contribution in [2.24, 2.45) is 5.41 Å². The number of nitrogens with one attached hydrogen (secondary N) is 1. The highest BCUT2D eigenvalue weighted by Crippen LogP contribution is 2.40. The van der Waals surface area contributed by atoms with Crippen LogP contribution in [-0.2, 0) is 29.3 Å².